The Labute approximate surface area is 183 Å². The minimum absolute atomic E-state index is 0.0165. The molecule has 0 unspecified atom stereocenters. The highest BCUT2D eigenvalue weighted by Gasteiger charge is 2.30. The van der Waals surface area contributed by atoms with Crippen molar-refractivity contribution >= 4 is 11.5 Å². The maximum atomic E-state index is 13.0. The summed E-state index contributed by atoms with van der Waals surface area (Å²) in [5.41, 5.74) is 3.68. The molecule has 5 nitrogen and oxygen atoms in total. The molecule has 1 heterocycles. The third-order valence-electron chi connectivity index (χ3n) is 6.02. The molecule has 0 amide bonds. The number of carbonyl (C=O) groups excluding carboxylic acids is 1. The van der Waals surface area contributed by atoms with Crippen LogP contribution >= 0.6 is 0 Å². The molecule has 0 spiro atoms. The Morgan fingerprint density at radius 3 is 2.52 bits per heavy atom. The van der Waals surface area contributed by atoms with Crippen LogP contribution in [0.25, 0.3) is 0 Å². The zero-order valence-corrected chi connectivity index (χ0v) is 18.4. The summed E-state index contributed by atoms with van der Waals surface area (Å²) in [6.45, 7) is 4.17. The fourth-order valence-corrected chi connectivity index (χ4v) is 4.51. The Balaban J connectivity index is 1.65. The summed E-state index contributed by atoms with van der Waals surface area (Å²) in [7, 11) is 1.65. The molecule has 1 aliphatic heterocycles. The molecule has 160 valence electrons. The Hall–Kier alpha value is -3.13. The number of nitrogens with zero attached hydrogens (tertiary/aromatic N) is 2. The standard InChI is InChI=1S/C26H28N2O3/c1-26(2)15-19-12-25(31-20-6-4-5-7-20)24(30-3)13-21(19)22(28-26)14-23(29)18-10-8-17(16-27)9-11-18/h8-13,20H,4-7,14-15H2,1-3H3. The van der Waals surface area contributed by atoms with Crippen LogP contribution in [0.3, 0.4) is 0 Å². The van der Waals surface area contributed by atoms with E-state index in [4.69, 9.17) is 19.7 Å². The van der Waals surface area contributed by atoms with Gasteiger partial charge >= 0.3 is 0 Å². The molecule has 0 aromatic heterocycles. The summed E-state index contributed by atoms with van der Waals surface area (Å²) in [5.74, 6) is 1.45. The average Bonchev–Trinajstić information content (AvgIpc) is 3.25. The number of hydrogen-bond acceptors (Lipinski definition) is 5. The van der Waals surface area contributed by atoms with Gasteiger partial charge in [-0.05, 0) is 75.8 Å². The van der Waals surface area contributed by atoms with E-state index in [9.17, 15) is 4.79 Å². The lowest BCUT2D eigenvalue weighted by molar-refractivity contribution is 0.100. The third-order valence-corrected chi connectivity index (χ3v) is 6.02. The maximum absolute atomic E-state index is 13.0. The van der Waals surface area contributed by atoms with Gasteiger partial charge in [0.25, 0.3) is 0 Å². The van der Waals surface area contributed by atoms with E-state index in [0.29, 0.717) is 16.9 Å². The largest absolute Gasteiger partial charge is 0.493 e. The van der Waals surface area contributed by atoms with E-state index >= 15 is 0 Å². The number of ketones is 1. The number of hydrogen-bond donors (Lipinski definition) is 0. The minimum Gasteiger partial charge on any atom is -0.493 e. The molecule has 1 aliphatic carbocycles. The second-order valence-electron chi connectivity index (χ2n) is 9.02. The summed E-state index contributed by atoms with van der Waals surface area (Å²) in [4.78, 5) is 17.9. The first kappa shape index (κ1) is 21.1. The smallest absolute Gasteiger partial charge is 0.168 e. The first-order valence-corrected chi connectivity index (χ1v) is 10.9. The molecule has 0 N–H and O–H groups in total. The molecule has 4 rings (SSSR count). The van der Waals surface area contributed by atoms with Gasteiger partial charge in [0.2, 0.25) is 0 Å². The molecule has 2 aromatic rings. The van der Waals surface area contributed by atoms with Crippen LogP contribution in [0, 0.1) is 11.3 Å². The number of aliphatic imine (C=N–C) groups is 1. The van der Waals surface area contributed by atoms with E-state index in [2.05, 4.69) is 26.0 Å². The molecule has 1 fully saturated rings. The summed E-state index contributed by atoms with van der Waals surface area (Å²) in [5, 5.41) is 8.98. The fourth-order valence-electron chi connectivity index (χ4n) is 4.51. The zero-order chi connectivity index (χ0) is 22.0. The van der Waals surface area contributed by atoms with Gasteiger partial charge in [0.15, 0.2) is 17.3 Å². The number of rotatable bonds is 6. The second kappa shape index (κ2) is 8.55. The number of fused-ring (bicyclic) bond motifs is 1. The highest BCUT2D eigenvalue weighted by Crippen LogP contribution is 2.38. The van der Waals surface area contributed by atoms with Crippen LogP contribution in [-0.4, -0.2) is 30.2 Å². The number of Topliss-reactive ketones (excluding diaryl/α,β-unsaturated/α-hetero) is 1. The Morgan fingerprint density at radius 2 is 1.87 bits per heavy atom. The number of carbonyl (C=O) groups is 1. The van der Waals surface area contributed by atoms with Crippen LogP contribution < -0.4 is 9.47 Å². The molecular formula is C26H28N2O3. The van der Waals surface area contributed by atoms with Crippen LogP contribution in [0.15, 0.2) is 41.4 Å². The van der Waals surface area contributed by atoms with Crippen LogP contribution in [-0.2, 0) is 6.42 Å². The third kappa shape index (κ3) is 4.64. The first-order valence-electron chi connectivity index (χ1n) is 10.9. The summed E-state index contributed by atoms with van der Waals surface area (Å²) >= 11 is 0. The molecule has 0 atom stereocenters. The SMILES string of the molecule is COc1cc2c(cc1OC1CCCC1)CC(C)(C)N=C2CC(=O)c1ccc(C#N)cc1. The number of nitriles is 1. The highest BCUT2D eigenvalue weighted by molar-refractivity contribution is 6.17. The molecule has 31 heavy (non-hydrogen) atoms. The van der Waals surface area contributed by atoms with Crippen molar-refractivity contribution in [3.63, 3.8) is 0 Å². The highest BCUT2D eigenvalue weighted by atomic mass is 16.5. The molecule has 1 saturated carbocycles. The lowest BCUT2D eigenvalue weighted by Crippen LogP contribution is -2.30. The van der Waals surface area contributed by atoms with Crippen molar-refractivity contribution in [1.29, 1.82) is 5.26 Å². The van der Waals surface area contributed by atoms with E-state index in [1.165, 1.54) is 12.8 Å². The average molecular weight is 417 g/mol. The van der Waals surface area contributed by atoms with Gasteiger partial charge in [0.1, 0.15) is 0 Å². The van der Waals surface area contributed by atoms with Gasteiger partial charge in [0.05, 0.1) is 42.5 Å². The van der Waals surface area contributed by atoms with E-state index in [1.807, 2.05) is 6.07 Å². The van der Waals surface area contributed by atoms with E-state index in [-0.39, 0.29) is 23.8 Å². The zero-order valence-electron chi connectivity index (χ0n) is 18.4. The van der Waals surface area contributed by atoms with Crippen LogP contribution in [0.5, 0.6) is 11.5 Å². The van der Waals surface area contributed by atoms with Gasteiger partial charge in [-0.3, -0.25) is 9.79 Å². The molecule has 2 aromatic carbocycles. The van der Waals surface area contributed by atoms with E-state index in [1.54, 1.807) is 31.4 Å². The first-order chi connectivity index (χ1) is 14.9. The van der Waals surface area contributed by atoms with Crippen molar-refractivity contribution in [2.24, 2.45) is 4.99 Å². The Kier molecular flexibility index (Phi) is 5.82. The van der Waals surface area contributed by atoms with Crippen LogP contribution in [0.4, 0.5) is 0 Å². The van der Waals surface area contributed by atoms with E-state index < -0.39 is 0 Å². The molecular weight excluding hydrogens is 388 g/mol. The van der Waals surface area contributed by atoms with Crippen LogP contribution in [0.2, 0.25) is 0 Å². The number of ether oxygens (including phenoxy) is 2. The fraction of sp³-hybridized carbons (Fsp3) is 0.423. The van der Waals surface area contributed by atoms with Crippen LogP contribution in [0.1, 0.15) is 73.0 Å². The predicted molar refractivity (Wildman–Crippen MR) is 120 cm³/mol. The van der Waals surface area contributed by atoms with Gasteiger partial charge in [-0.25, -0.2) is 0 Å². The summed E-state index contributed by atoms with van der Waals surface area (Å²) in [6.07, 6.45) is 5.80. The van der Waals surface area contributed by atoms with Gasteiger partial charge in [0, 0.05) is 11.1 Å². The topological polar surface area (TPSA) is 71.7 Å². The van der Waals surface area contributed by atoms with Crippen molar-refractivity contribution in [3.05, 3.63) is 58.7 Å². The molecule has 5 heteroatoms. The Bertz CT molecular complexity index is 1060. The lowest BCUT2D eigenvalue weighted by atomic mass is 9.85. The van der Waals surface area contributed by atoms with Gasteiger partial charge in [-0.2, -0.15) is 5.26 Å². The molecule has 0 saturated heterocycles. The molecule has 0 bridgehead atoms. The lowest BCUT2D eigenvalue weighted by Gasteiger charge is -2.30. The minimum atomic E-state index is -0.299. The predicted octanol–water partition coefficient (Wildman–Crippen LogP) is 5.29. The molecule has 0 radical (unpaired) electrons. The molecule has 2 aliphatic rings. The van der Waals surface area contributed by atoms with Crippen molar-refractivity contribution in [2.75, 3.05) is 7.11 Å². The van der Waals surface area contributed by atoms with Gasteiger partial charge < -0.3 is 9.47 Å². The normalized spacial score (nSPS) is 17.4. The Morgan fingerprint density at radius 1 is 1.16 bits per heavy atom. The summed E-state index contributed by atoms with van der Waals surface area (Å²) in [6, 6.07) is 12.9. The number of benzene rings is 2. The number of methoxy groups -OCH3 is 1. The second-order valence-corrected chi connectivity index (χ2v) is 9.02. The van der Waals surface area contributed by atoms with Crippen molar-refractivity contribution in [3.8, 4) is 17.6 Å². The van der Waals surface area contributed by atoms with Crippen molar-refractivity contribution in [1.82, 2.24) is 0 Å². The van der Waals surface area contributed by atoms with Crippen molar-refractivity contribution < 1.29 is 14.3 Å². The summed E-state index contributed by atoms with van der Waals surface area (Å²) < 4.78 is 11.9. The van der Waals surface area contributed by atoms with Gasteiger partial charge in [-0.15, -0.1) is 0 Å². The quantitative estimate of drug-likeness (QED) is 0.600. The van der Waals surface area contributed by atoms with Crippen molar-refractivity contribution in [2.45, 2.75) is 64.0 Å². The van der Waals surface area contributed by atoms with E-state index in [0.717, 1.165) is 41.9 Å². The monoisotopic (exact) mass is 416 g/mol. The maximum Gasteiger partial charge on any atom is 0.168 e. The van der Waals surface area contributed by atoms with Gasteiger partial charge in [-0.1, -0.05) is 12.1 Å².